The normalized spacial score (nSPS) is 21.1. The number of rotatable bonds is 4. The van der Waals surface area contributed by atoms with Crippen molar-refractivity contribution >= 4 is 29.2 Å². The minimum absolute atomic E-state index is 0.0695. The minimum atomic E-state index is -0.819. The van der Waals surface area contributed by atoms with Crippen LogP contribution in [-0.4, -0.2) is 31.1 Å². The maximum atomic E-state index is 12.4. The highest BCUT2D eigenvalue weighted by molar-refractivity contribution is 6.32. The predicted molar refractivity (Wildman–Crippen MR) is 79.9 cm³/mol. The van der Waals surface area contributed by atoms with Crippen molar-refractivity contribution in [3.8, 4) is 5.75 Å². The number of anilines is 1. The number of ether oxygens (including phenoxy) is 1. The molecule has 6 heteroatoms. The largest absolute Gasteiger partial charge is 0.495 e. The van der Waals surface area contributed by atoms with Crippen molar-refractivity contribution in [1.82, 2.24) is 0 Å². The third kappa shape index (κ3) is 3.29. The smallest absolute Gasteiger partial charge is 0.306 e. The number of aliphatic carboxylic acids is 1. The van der Waals surface area contributed by atoms with Gasteiger partial charge in [-0.05, 0) is 37.5 Å². The zero-order valence-electron chi connectivity index (χ0n) is 12.0. The van der Waals surface area contributed by atoms with Gasteiger partial charge >= 0.3 is 5.97 Å². The van der Waals surface area contributed by atoms with Crippen LogP contribution in [0.1, 0.15) is 19.3 Å². The number of carboxylic acid groups (broad SMARTS) is 1. The lowest BCUT2D eigenvalue weighted by molar-refractivity contribution is -0.141. The van der Waals surface area contributed by atoms with Crippen molar-refractivity contribution in [2.75, 3.05) is 19.1 Å². The third-order valence-corrected chi connectivity index (χ3v) is 4.28. The average Bonchev–Trinajstić information content (AvgIpc) is 2.95. The standard InChI is InChI=1S/C15H18ClNO4/c1-17(11-5-6-13(21-2)12(16)8-11)14(18)9-3-4-10(7-9)15(19)20/h5-6,8-10H,3-4,7H2,1-2H3,(H,19,20)/t9-,10+/m1/s1. The number of benzene rings is 1. The lowest BCUT2D eigenvalue weighted by Crippen LogP contribution is -2.32. The van der Waals surface area contributed by atoms with Crippen molar-refractivity contribution in [1.29, 1.82) is 0 Å². The van der Waals surface area contributed by atoms with Gasteiger partial charge in [0.05, 0.1) is 18.1 Å². The molecule has 1 amide bonds. The number of amides is 1. The van der Waals surface area contributed by atoms with Crippen LogP contribution >= 0.6 is 11.6 Å². The van der Waals surface area contributed by atoms with Crippen LogP contribution < -0.4 is 9.64 Å². The van der Waals surface area contributed by atoms with E-state index in [1.54, 1.807) is 25.2 Å². The molecule has 0 aliphatic heterocycles. The fourth-order valence-electron chi connectivity index (χ4n) is 2.70. The Bertz CT molecular complexity index is 561. The number of carboxylic acids is 1. The molecule has 2 rings (SSSR count). The second-order valence-electron chi connectivity index (χ2n) is 5.26. The van der Waals surface area contributed by atoms with Gasteiger partial charge in [-0.1, -0.05) is 11.6 Å². The quantitative estimate of drug-likeness (QED) is 0.928. The van der Waals surface area contributed by atoms with Gasteiger partial charge in [-0.3, -0.25) is 9.59 Å². The second-order valence-corrected chi connectivity index (χ2v) is 5.67. The lowest BCUT2D eigenvalue weighted by atomic mass is 10.0. The fourth-order valence-corrected chi connectivity index (χ4v) is 2.95. The van der Waals surface area contributed by atoms with Crippen molar-refractivity contribution in [2.45, 2.75) is 19.3 Å². The van der Waals surface area contributed by atoms with E-state index in [1.165, 1.54) is 12.0 Å². The minimum Gasteiger partial charge on any atom is -0.495 e. The zero-order valence-corrected chi connectivity index (χ0v) is 12.8. The molecule has 21 heavy (non-hydrogen) atoms. The zero-order chi connectivity index (χ0) is 15.6. The van der Waals surface area contributed by atoms with E-state index < -0.39 is 11.9 Å². The summed E-state index contributed by atoms with van der Waals surface area (Å²) in [5.74, 6) is -0.989. The van der Waals surface area contributed by atoms with Crippen LogP contribution in [0, 0.1) is 11.8 Å². The van der Waals surface area contributed by atoms with Gasteiger partial charge in [0.2, 0.25) is 5.91 Å². The highest BCUT2D eigenvalue weighted by atomic mass is 35.5. The van der Waals surface area contributed by atoms with Crippen molar-refractivity contribution in [3.63, 3.8) is 0 Å². The van der Waals surface area contributed by atoms with E-state index in [4.69, 9.17) is 21.4 Å². The summed E-state index contributed by atoms with van der Waals surface area (Å²) in [6.07, 6.45) is 1.58. The molecule has 1 saturated carbocycles. The third-order valence-electron chi connectivity index (χ3n) is 3.98. The molecule has 0 heterocycles. The number of methoxy groups -OCH3 is 1. The van der Waals surface area contributed by atoms with Crippen LogP contribution in [0.4, 0.5) is 5.69 Å². The molecule has 1 N–H and O–H groups in total. The van der Waals surface area contributed by atoms with Crippen molar-refractivity contribution in [2.24, 2.45) is 11.8 Å². The Morgan fingerprint density at radius 2 is 2.00 bits per heavy atom. The summed E-state index contributed by atoms with van der Waals surface area (Å²) in [6.45, 7) is 0. The van der Waals surface area contributed by atoms with Gasteiger partial charge < -0.3 is 14.7 Å². The first kappa shape index (κ1) is 15.6. The van der Waals surface area contributed by atoms with E-state index in [0.717, 1.165) is 0 Å². The molecule has 5 nitrogen and oxygen atoms in total. The summed E-state index contributed by atoms with van der Waals surface area (Å²) >= 11 is 6.06. The van der Waals surface area contributed by atoms with Crippen molar-refractivity contribution in [3.05, 3.63) is 23.2 Å². The topological polar surface area (TPSA) is 66.8 Å². The van der Waals surface area contributed by atoms with Crippen LogP contribution in [-0.2, 0) is 9.59 Å². The first-order chi connectivity index (χ1) is 9.93. The van der Waals surface area contributed by atoms with Crippen LogP contribution in [0.3, 0.4) is 0 Å². The highest BCUT2D eigenvalue weighted by Crippen LogP contribution is 2.34. The molecule has 1 fully saturated rings. The first-order valence-corrected chi connectivity index (χ1v) is 7.15. The van der Waals surface area contributed by atoms with E-state index >= 15 is 0 Å². The van der Waals surface area contributed by atoms with Crippen LogP contribution in [0.25, 0.3) is 0 Å². The van der Waals surface area contributed by atoms with Gasteiger partial charge in [-0.15, -0.1) is 0 Å². The molecule has 0 unspecified atom stereocenters. The molecule has 0 bridgehead atoms. The maximum absolute atomic E-state index is 12.4. The molecule has 1 aliphatic rings. The molecule has 0 spiro atoms. The summed E-state index contributed by atoms with van der Waals surface area (Å²) in [5.41, 5.74) is 0.671. The predicted octanol–water partition coefficient (Wildman–Crippen LogP) is 2.81. The van der Waals surface area contributed by atoms with E-state index in [-0.39, 0.29) is 11.8 Å². The summed E-state index contributed by atoms with van der Waals surface area (Å²) in [6, 6.07) is 5.13. The van der Waals surface area contributed by atoms with E-state index in [0.29, 0.717) is 35.7 Å². The number of nitrogens with zero attached hydrogens (tertiary/aromatic N) is 1. The molecule has 0 radical (unpaired) electrons. The van der Waals surface area contributed by atoms with Crippen LogP contribution in [0.2, 0.25) is 5.02 Å². The monoisotopic (exact) mass is 311 g/mol. The molecule has 1 aromatic rings. The van der Waals surface area contributed by atoms with Gasteiger partial charge in [0.15, 0.2) is 0 Å². The Labute approximate surface area is 128 Å². The number of hydrogen-bond acceptors (Lipinski definition) is 3. The number of hydrogen-bond donors (Lipinski definition) is 1. The molecule has 0 aromatic heterocycles. The summed E-state index contributed by atoms with van der Waals surface area (Å²) in [7, 11) is 3.20. The molecule has 1 aliphatic carbocycles. The lowest BCUT2D eigenvalue weighted by Gasteiger charge is -2.21. The fraction of sp³-hybridized carbons (Fsp3) is 0.467. The SMILES string of the molecule is COc1ccc(N(C)C(=O)[C@@H]2CC[C@H](C(=O)O)C2)cc1Cl. The second kappa shape index (κ2) is 6.35. The van der Waals surface area contributed by atoms with Gasteiger partial charge in [-0.25, -0.2) is 0 Å². The Kier molecular flexibility index (Phi) is 4.73. The van der Waals surface area contributed by atoms with Gasteiger partial charge in [0.25, 0.3) is 0 Å². The van der Waals surface area contributed by atoms with E-state index in [9.17, 15) is 9.59 Å². The number of carbonyl (C=O) groups excluding carboxylic acids is 1. The van der Waals surface area contributed by atoms with E-state index in [1.807, 2.05) is 0 Å². The first-order valence-electron chi connectivity index (χ1n) is 6.78. The van der Waals surface area contributed by atoms with Crippen LogP contribution in [0.15, 0.2) is 18.2 Å². The van der Waals surface area contributed by atoms with E-state index in [2.05, 4.69) is 0 Å². The number of carbonyl (C=O) groups is 2. The van der Waals surface area contributed by atoms with Gasteiger partial charge in [0.1, 0.15) is 5.75 Å². The van der Waals surface area contributed by atoms with Gasteiger partial charge in [-0.2, -0.15) is 0 Å². The molecular formula is C15H18ClNO4. The Hall–Kier alpha value is -1.75. The Balaban J connectivity index is 2.09. The Morgan fingerprint density at radius 3 is 2.52 bits per heavy atom. The van der Waals surface area contributed by atoms with Crippen LogP contribution in [0.5, 0.6) is 5.75 Å². The summed E-state index contributed by atoms with van der Waals surface area (Å²) in [4.78, 5) is 24.9. The molecule has 114 valence electrons. The molecular weight excluding hydrogens is 294 g/mol. The summed E-state index contributed by atoms with van der Waals surface area (Å²) < 4.78 is 5.08. The van der Waals surface area contributed by atoms with Gasteiger partial charge in [0, 0.05) is 18.7 Å². The number of halogens is 1. The Morgan fingerprint density at radius 1 is 1.33 bits per heavy atom. The maximum Gasteiger partial charge on any atom is 0.306 e. The molecule has 0 saturated heterocycles. The molecule has 1 aromatic carbocycles. The average molecular weight is 312 g/mol. The molecule has 2 atom stereocenters. The summed E-state index contributed by atoms with van der Waals surface area (Å²) in [5, 5.41) is 9.44. The van der Waals surface area contributed by atoms with Crippen molar-refractivity contribution < 1.29 is 19.4 Å². The highest BCUT2D eigenvalue weighted by Gasteiger charge is 2.35.